The minimum Gasteiger partial charge on any atom is -0.367 e. The Hall–Kier alpha value is -2.41. The molecule has 2 aromatic heterocycles. The summed E-state index contributed by atoms with van der Waals surface area (Å²) in [7, 11) is 0. The summed E-state index contributed by atoms with van der Waals surface area (Å²) in [6, 6.07) is 5.76. The molecule has 3 rings (SSSR count). The van der Waals surface area contributed by atoms with Gasteiger partial charge in [0, 0.05) is 27.5 Å². The van der Waals surface area contributed by atoms with Crippen molar-refractivity contribution in [1.29, 1.82) is 0 Å². The highest BCUT2D eigenvalue weighted by molar-refractivity contribution is 9.10. The number of carbonyl (C=O) groups is 1. The third kappa shape index (κ3) is 3.19. The molecule has 1 unspecified atom stereocenters. The minimum absolute atomic E-state index is 0.000991. The molecule has 0 fully saturated rings. The van der Waals surface area contributed by atoms with E-state index in [1.54, 1.807) is 0 Å². The number of primary amides is 1. The molecule has 4 N–H and O–H groups in total. The molecule has 0 radical (unpaired) electrons. The summed E-state index contributed by atoms with van der Waals surface area (Å²) in [4.78, 5) is 31.6. The second-order valence-corrected chi connectivity index (χ2v) is 8.42. The molecule has 0 spiro atoms. The Balaban J connectivity index is 2.42. The molecule has 0 bridgehead atoms. The van der Waals surface area contributed by atoms with Crippen molar-refractivity contribution in [2.75, 3.05) is 5.32 Å². The van der Waals surface area contributed by atoms with E-state index in [-0.39, 0.29) is 22.6 Å². The van der Waals surface area contributed by atoms with E-state index in [0.717, 1.165) is 9.86 Å². The molecule has 0 saturated heterocycles. The molecule has 0 saturated carbocycles. The molecule has 136 valence electrons. The Kier molecular flexibility index (Phi) is 4.52. The van der Waals surface area contributed by atoms with Crippen molar-refractivity contribution in [2.45, 2.75) is 33.7 Å². The standard InChI is InChI=1S/C19H21BrN4O2/c1-9(19(2,3)4)23-17-11-6-5-10(20)7-12(11)14-15(24-17)13(16(21)25)8-22-18(14)26/h5-9H,1-4H3,(H2,21,25)(H,22,26)(H,23,24). The van der Waals surface area contributed by atoms with Crippen molar-refractivity contribution >= 4 is 49.3 Å². The largest absolute Gasteiger partial charge is 0.367 e. The maximum Gasteiger partial charge on any atom is 0.258 e. The molecular formula is C19H21BrN4O2. The van der Waals surface area contributed by atoms with Crippen LogP contribution in [0.2, 0.25) is 0 Å². The van der Waals surface area contributed by atoms with Crippen molar-refractivity contribution in [3.63, 3.8) is 0 Å². The number of H-pyrrole nitrogens is 1. The fraction of sp³-hybridized carbons (Fsp3) is 0.316. The van der Waals surface area contributed by atoms with E-state index < -0.39 is 5.91 Å². The van der Waals surface area contributed by atoms with E-state index in [9.17, 15) is 9.59 Å². The van der Waals surface area contributed by atoms with Gasteiger partial charge in [-0.05, 0) is 30.5 Å². The topological polar surface area (TPSA) is 101 Å². The first kappa shape index (κ1) is 18.4. The number of pyridine rings is 2. The third-order valence-corrected chi connectivity index (χ3v) is 5.21. The number of fused-ring (bicyclic) bond motifs is 3. The number of nitrogens with zero attached hydrogens (tertiary/aromatic N) is 1. The van der Waals surface area contributed by atoms with Crippen LogP contribution in [-0.2, 0) is 0 Å². The van der Waals surface area contributed by atoms with Crippen LogP contribution < -0.4 is 16.6 Å². The van der Waals surface area contributed by atoms with E-state index >= 15 is 0 Å². The Labute approximate surface area is 159 Å². The molecule has 1 aromatic carbocycles. The Morgan fingerprint density at radius 2 is 2.00 bits per heavy atom. The fourth-order valence-corrected chi connectivity index (χ4v) is 3.07. The number of hydrogen-bond donors (Lipinski definition) is 3. The average molecular weight is 417 g/mol. The van der Waals surface area contributed by atoms with Gasteiger partial charge in [0.05, 0.1) is 16.5 Å². The smallest absolute Gasteiger partial charge is 0.258 e. The SMILES string of the molecule is CC(Nc1nc2c(C(N)=O)c[nH]c(=O)c2c2cc(Br)ccc12)C(C)(C)C. The van der Waals surface area contributed by atoms with E-state index in [1.165, 1.54) is 6.20 Å². The quantitative estimate of drug-likeness (QED) is 0.565. The molecule has 26 heavy (non-hydrogen) atoms. The van der Waals surface area contributed by atoms with Gasteiger partial charge < -0.3 is 16.0 Å². The van der Waals surface area contributed by atoms with Gasteiger partial charge in [-0.15, -0.1) is 0 Å². The van der Waals surface area contributed by atoms with Gasteiger partial charge in [0.1, 0.15) is 5.82 Å². The third-order valence-electron chi connectivity index (χ3n) is 4.71. The second kappa shape index (κ2) is 6.39. The highest BCUT2D eigenvalue weighted by atomic mass is 79.9. The number of hydrogen-bond acceptors (Lipinski definition) is 4. The zero-order valence-electron chi connectivity index (χ0n) is 15.1. The van der Waals surface area contributed by atoms with Crippen molar-refractivity contribution in [1.82, 2.24) is 9.97 Å². The lowest BCUT2D eigenvalue weighted by atomic mass is 9.88. The Morgan fingerprint density at radius 3 is 2.62 bits per heavy atom. The van der Waals surface area contributed by atoms with Gasteiger partial charge in [-0.3, -0.25) is 9.59 Å². The summed E-state index contributed by atoms with van der Waals surface area (Å²) in [6.45, 7) is 8.46. The van der Waals surface area contributed by atoms with Gasteiger partial charge in [0.2, 0.25) is 0 Å². The van der Waals surface area contributed by atoms with Crippen LogP contribution in [0, 0.1) is 5.41 Å². The molecule has 0 aliphatic carbocycles. The van der Waals surface area contributed by atoms with Crippen LogP contribution in [0.15, 0.2) is 33.7 Å². The summed E-state index contributed by atoms with van der Waals surface area (Å²) in [5.41, 5.74) is 5.67. The van der Waals surface area contributed by atoms with Crippen molar-refractivity contribution in [3.8, 4) is 0 Å². The number of halogens is 1. The maximum atomic E-state index is 12.5. The van der Waals surface area contributed by atoms with Gasteiger partial charge in [0.25, 0.3) is 11.5 Å². The number of amides is 1. The lowest BCUT2D eigenvalue weighted by Gasteiger charge is -2.29. The van der Waals surface area contributed by atoms with Crippen LogP contribution in [0.3, 0.4) is 0 Å². The van der Waals surface area contributed by atoms with Gasteiger partial charge >= 0.3 is 0 Å². The van der Waals surface area contributed by atoms with Crippen molar-refractivity contribution in [3.05, 3.63) is 44.8 Å². The van der Waals surface area contributed by atoms with Crippen LogP contribution in [0.25, 0.3) is 21.7 Å². The van der Waals surface area contributed by atoms with Crippen LogP contribution >= 0.6 is 15.9 Å². The van der Waals surface area contributed by atoms with Gasteiger partial charge in [-0.25, -0.2) is 4.98 Å². The molecule has 7 heteroatoms. The highest BCUT2D eigenvalue weighted by Gasteiger charge is 2.23. The van der Waals surface area contributed by atoms with Crippen LogP contribution in [0.4, 0.5) is 5.82 Å². The first-order valence-corrected chi connectivity index (χ1v) is 9.10. The first-order chi connectivity index (χ1) is 12.1. The van der Waals surface area contributed by atoms with E-state index in [2.05, 4.69) is 58.9 Å². The second-order valence-electron chi connectivity index (χ2n) is 7.50. The lowest BCUT2D eigenvalue weighted by Crippen LogP contribution is -2.31. The number of carbonyl (C=O) groups excluding carboxylic acids is 1. The van der Waals surface area contributed by atoms with Gasteiger partial charge in [-0.2, -0.15) is 0 Å². The maximum absolute atomic E-state index is 12.5. The summed E-state index contributed by atoms with van der Waals surface area (Å²) in [5.74, 6) is -0.0153. The monoisotopic (exact) mass is 416 g/mol. The number of benzene rings is 1. The highest BCUT2D eigenvalue weighted by Crippen LogP contribution is 2.33. The van der Waals surface area contributed by atoms with Crippen molar-refractivity contribution in [2.24, 2.45) is 11.1 Å². The summed E-state index contributed by atoms with van der Waals surface area (Å²) >= 11 is 3.45. The molecule has 3 aromatic rings. The lowest BCUT2D eigenvalue weighted by molar-refractivity contribution is 0.100. The molecule has 1 amide bonds. The summed E-state index contributed by atoms with van der Waals surface area (Å²) < 4.78 is 0.830. The number of nitrogens with two attached hydrogens (primary N) is 1. The number of rotatable bonds is 3. The summed E-state index contributed by atoms with van der Waals surface area (Å²) in [6.07, 6.45) is 1.32. The van der Waals surface area contributed by atoms with Crippen LogP contribution in [0.1, 0.15) is 38.1 Å². The average Bonchev–Trinajstić information content (AvgIpc) is 2.53. The zero-order chi connectivity index (χ0) is 19.2. The Morgan fingerprint density at radius 1 is 1.31 bits per heavy atom. The van der Waals surface area contributed by atoms with E-state index in [0.29, 0.717) is 22.1 Å². The first-order valence-electron chi connectivity index (χ1n) is 8.30. The minimum atomic E-state index is -0.636. The normalized spacial score (nSPS) is 13.1. The predicted molar refractivity (Wildman–Crippen MR) is 109 cm³/mol. The molecular weight excluding hydrogens is 396 g/mol. The molecule has 0 aliphatic rings. The van der Waals surface area contributed by atoms with Gasteiger partial charge in [0.15, 0.2) is 0 Å². The van der Waals surface area contributed by atoms with Crippen LogP contribution in [-0.4, -0.2) is 21.9 Å². The van der Waals surface area contributed by atoms with E-state index in [4.69, 9.17) is 5.73 Å². The van der Waals surface area contributed by atoms with Crippen molar-refractivity contribution < 1.29 is 4.79 Å². The number of aromatic amines is 1. The van der Waals surface area contributed by atoms with Gasteiger partial charge in [-0.1, -0.05) is 36.7 Å². The number of anilines is 1. The summed E-state index contributed by atoms with van der Waals surface area (Å²) in [5, 5.41) is 5.30. The predicted octanol–water partition coefficient (Wildman–Crippen LogP) is 3.78. The Bertz CT molecular complexity index is 1080. The zero-order valence-corrected chi connectivity index (χ0v) is 16.7. The molecule has 0 aliphatic heterocycles. The molecule has 2 heterocycles. The molecule has 6 nitrogen and oxygen atoms in total. The van der Waals surface area contributed by atoms with E-state index in [1.807, 2.05) is 18.2 Å². The fourth-order valence-electron chi connectivity index (χ4n) is 2.71. The number of aromatic nitrogens is 2. The number of nitrogens with one attached hydrogen (secondary N) is 2. The molecule has 1 atom stereocenters. The van der Waals surface area contributed by atoms with Crippen LogP contribution in [0.5, 0.6) is 0 Å².